The number of hydrogen-bond acceptors (Lipinski definition) is 6. The van der Waals surface area contributed by atoms with Crippen LogP contribution in [0.25, 0.3) is 0 Å². The van der Waals surface area contributed by atoms with Crippen LogP contribution in [-0.4, -0.2) is 62.3 Å². The van der Waals surface area contributed by atoms with Gasteiger partial charge in [-0.05, 0) is 38.2 Å². The van der Waals surface area contributed by atoms with Crippen molar-refractivity contribution in [1.29, 1.82) is 0 Å². The first-order chi connectivity index (χ1) is 19.2. The van der Waals surface area contributed by atoms with Crippen LogP contribution >= 0.6 is 0 Å². The molecule has 2 aromatic heterocycles. The third-order valence-corrected chi connectivity index (χ3v) is 8.11. The summed E-state index contributed by atoms with van der Waals surface area (Å²) < 4.78 is 8.68. The van der Waals surface area contributed by atoms with E-state index in [2.05, 4.69) is 42.6 Å². The van der Waals surface area contributed by atoms with Crippen LogP contribution in [0.3, 0.4) is 0 Å². The zero-order valence-corrected chi connectivity index (χ0v) is 22.8. The molecule has 0 bridgehead atoms. The molecule has 9 heteroatoms. The van der Waals surface area contributed by atoms with Crippen LogP contribution in [-0.2, 0) is 4.74 Å². The number of benzene rings is 1. The Kier molecular flexibility index (Phi) is 6.28. The molecule has 6 rings (SSSR count). The molecular formula is C31H31N5O4. The Morgan fingerprint density at radius 2 is 1.80 bits per heavy atom. The van der Waals surface area contributed by atoms with Crippen LogP contribution in [0.1, 0.15) is 72.5 Å². The average Bonchev–Trinajstić information content (AvgIpc) is 3.31. The lowest BCUT2D eigenvalue weighted by Gasteiger charge is -2.37. The van der Waals surface area contributed by atoms with Crippen LogP contribution in [0.2, 0.25) is 0 Å². The maximum Gasteiger partial charge on any atom is 0.275 e. The predicted molar refractivity (Wildman–Crippen MR) is 148 cm³/mol. The van der Waals surface area contributed by atoms with Crippen molar-refractivity contribution >= 4 is 5.91 Å². The van der Waals surface area contributed by atoms with E-state index in [4.69, 9.17) is 9.84 Å². The second-order valence-electron chi connectivity index (χ2n) is 11.6. The fraction of sp³-hybridized carbons (Fsp3) is 0.419. The molecule has 2 unspecified atom stereocenters. The molecule has 2 fully saturated rings. The van der Waals surface area contributed by atoms with Crippen molar-refractivity contribution in [2.45, 2.75) is 45.2 Å². The highest BCUT2D eigenvalue weighted by Crippen LogP contribution is 2.40. The third-order valence-electron chi connectivity index (χ3n) is 8.11. The molecule has 204 valence electrons. The second kappa shape index (κ2) is 9.69. The number of aromatic hydroxyl groups is 1. The molecule has 2 atom stereocenters. The van der Waals surface area contributed by atoms with Gasteiger partial charge in [-0.25, -0.2) is 4.68 Å². The lowest BCUT2D eigenvalue weighted by atomic mass is 9.71. The van der Waals surface area contributed by atoms with E-state index < -0.39 is 29.2 Å². The summed E-state index contributed by atoms with van der Waals surface area (Å²) in [7, 11) is 1.65. The van der Waals surface area contributed by atoms with Crippen molar-refractivity contribution in [3.8, 4) is 29.4 Å². The van der Waals surface area contributed by atoms with Crippen LogP contribution < -0.4 is 5.43 Å². The molecule has 4 heterocycles. The van der Waals surface area contributed by atoms with Gasteiger partial charge >= 0.3 is 0 Å². The minimum absolute atomic E-state index is 0.0141. The van der Waals surface area contributed by atoms with E-state index in [1.54, 1.807) is 7.05 Å². The van der Waals surface area contributed by atoms with Gasteiger partial charge in [0.2, 0.25) is 5.43 Å². The van der Waals surface area contributed by atoms with Crippen molar-refractivity contribution in [3.05, 3.63) is 75.5 Å². The molecule has 1 aromatic carbocycles. The van der Waals surface area contributed by atoms with Gasteiger partial charge in [-0.1, -0.05) is 54.5 Å². The lowest BCUT2D eigenvalue weighted by Crippen LogP contribution is -2.46. The molecule has 0 spiro atoms. The van der Waals surface area contributed by atoms with Gasteiger partial charge in [0.05, 0.1) is 36.4 Å². The minimum Gasteiger partial charge on any atom is -0.502 e. The van der Waals surface area contributed by atoms with Gasteiger partial charge in [-0.3, -0.25) is 14.3 Å². The predicted octanol–water partition coefficient (Wildman–Crippen LogP) is 2.99. The van der Waals surface area contributed by atoms with Crippen LogP contribution in [0.15, 0.2) is 47.5 Å². The fourth-order valence-electron chi connectivity index (χ4n) is 5.42. The van der Waals surface area contributed by atoms with Gasteiger partial charge in [-0.2, -0.15) is 10.2 Å². The van der Waals surface area contributed by atoms with Crippen molar-refractivity contribution < 1.29 is 14.6 Å². The molecule has 1 N–H and O–H groups in total. The fourth-order valence-corrected chi connectivity index (χ4v) is 5.42. The number of amides is 1. The van der Waals surface area contributed by atoms with E-state index >= 15 is 0 Å². The van der Waals surface area contributed by atoms with E-state index in [-0.39, 0.29) is 23.1 Å². The van der Waals surface area contributed by atoms with Gasteiger partial charge in [0, 0.05) is 25.2 Å². The van der Waals surface area contributed by atoms with Crippen molar-refractivity contribution in [3.63, 3.8) is 0 Å². The summed E-state index contributed by atoms with van der Waals surface area (Å²) in [5, 5.41) is 19.9. The highest BCUT2D eigenvalue weighted by molar-refractivity contribution is 5.95. The number of ether oxygens (including phenoxy) is 1. The SMILES string of the molecule is CN1CC(C(c2ccccc2)n2cc(C#CC3(C)COC3)c(C#CC3(C)CCC3)n2)n2ncc(=O)c(O)c2C1=O. The number of aromatic nitrogens is 4. The zero-order chi connectivity index (χ0) is 28.1. The van der Waals surface area contributed by atoms with Crippen LogP contribution in [0, 0.1) is 34.5 Å². The largest absolute Gasteiger partial charge is 0.502 e. The molecule has 0 radical (unpaired) electrons. The van der Waals surface area contributed by atoms with E-state index in [0.29, 0.717) is 18.9 Å². The Balaban J connectivity index is 1.51. The Hall–Kier alpha value is -4.34. The Morgan fingerprint density at radius 3 is 2.45 bits per heavy atom. The summed E-state index contributed by atoms with van der Waals surface area (Å²) in [5.41, 5.74) is 1.20. The van der Waals surface area contributed by atoms with E-state index in [1.807, 2.05) is 41.2 Å². The summed E-state index contributed by atoms with van der Waals surface area (Å²) in [5.74, 6) is 12.4. The number of nitrogens with zero attached hydrogens (tertiary/aromatic N) is 5. The first kappa shape index (κ1) is 25.9. The van der Waals surface area contributed by atoms with Crippen molar-refractivity contribution in [2.24, 2.45) is 10.8 Å². The highest BCUT2D eigenvalue weighted by Gasteiger charge is 2.39. The first-order valence-corrected chi connectivity index (χ1v) is 13.5. The second-order valence-corrected chi connectivity index (χ2v) is 11.6. The molecule has 9 nitrogen and oxygen atoms in total. The Morgan fingerprint density at radius 1 is 1.07 bits per heavy atom. The molecule has 1 saturated carbocycles. The zero-order valence-electron chi connectivity index (χ0n) is 22.8. The van der Waals surface area contributed by atoms with Crippen LogP contribution in [0.4, 0.5) is 0 Å². The molecule has 3 aliphatic rings. The standard InChI is InChI=1S/C31H31N5O4/c1-30(12-7-13-30)15-11-23-22(10-14-31(2)19-40-20-31)17-35(33-23)26(21-8-5-4-6-9-21)24-18-34(3)29(39)27-28(38)25(37)16-32-36(24)27/h4-6,8-9,16-17,24,26,38H,7,12-13,18-20H2,1-3H3. The Bertz CT molecular complexity index is 1600. The van der Waals surface area contributed by atoms with Crippen LogP contribution in [0.5, 0.6) is 5.75 Å². The van der Waals surface area contributed by atoms with Gasteiger partial charge < -0.3 is 14.7 Å². The molecule has 2 aliphatic heterocycles. The Labute approximate surface area is 232 Å². The maximum atomic E-state index is 13.0. The highest BCUT2D eigenvalue weighted by atomic mass is 16.5. The summed E-state index contributed by atoms with van der Waals surface area (Å²) >= 11 is 0. The number of hydrogen-bond donors (Lipinski definition) is 1. The minimum atomic E-state index is -0.697. The molecular weight excluding hydrogens is 506 g/mol. The monoisotopic (exact) mass is 537 g/mol. The van der Waals surface area contributed by atoms with E-state index in [1.165, 1.54) is 16.0 Å². The average molecular weight is 538 g/mol. The molecule has 3 aromatic rings. The maximum absolute atomic E-state index is 13.0. The summed E-state index contributed by atoms with van der Waals surface area (Å²) in [6, 6.07) is 8.88. The topological polar surface area (TPSA) is 102 Å². The van der Waals surface area contributed by atoms with Gasteiger partial charge in [0.25, 0.3) is 5.91 Å². The van der Waals surface area contributed by atoms with E-state index in [9.17, 15) is 14.7 Å². The number of rotatable bonds is 3. The number of fused-ring (bicyclic) bond motifs is 1. The van der Waals surface area contributed by atoms with E-state index in [0.717, 1.165) is 30.2 Å². The molecule has 1 aliphatic carbocycles. The number of carbonyl (C=O) groups excluding carboxylic acids is 1. The smallest absolute Gasteiger partial charge is 0.275 e. The first-order valence-electron chi connectivity index (χ1n) is 13.5. The summed E-state index contributed by atoms with van der Waals surface area (Å²) in [4.78, 5) is 26.7. The normalized spacial score (nSPS) is 21.0. The molecule has 1 saturated heterocycles. The molecule has 1 amide bonds. The number of likely N-dealkylation sites (N-methyl/N-ethyl adjacent to an activating group) is 1. The van der Waals surface area contributed by atoms with Gasteiger partial charge in [0.15, 0.2) is 17.1 Å². The number of carbonyl (C=O) groups is 1. The third kappa shape index (κ3) is 4.57. The van der Waals surface area contributed by atoms with Crippen molar-refractivity contribution in [2.75, 3.05) is 26.8 Å². The van der Waals surface area contributed by atoms with Gasteiger partial charge in [0.1, 0.15) is 6.04 Å². The quantitative estimate of drug-likeness (QED) is 0.516. The summed E-state index contributed by atoms with van der Waals surface area (Å²) in [6.07, 6.45) is 6.26. The lowest BCUT2D eigenvalue weighted by molar-refractivity contribution is -0.0648. The summed E-state index contributed by atoms with van der Waals surface area (Å²) in [6.45, 7) is 5.72. The van der Waals surface area contributed by atoms with Crippen molar-refractivity contribution in [1.82, 2.24) is 24.5 Å². The molecule has 40 heavy (non-hydrogen) atoms. The van der Waals surface area contributed by atoms with Gasteiger partial charge in [-0.15, -0.1) is 0 Å².